The number of benzene rings is 3. The van der Waals surface area contributed by atoms with Crippen LogP contribution in [0.3, 0.4) is 0 Å². The lowest BCUT2D eigenvalue weighted by Gasteiger charge is -2.30. The molecule has 4 aromatic rings. The third-order valence-electron chi connectivity index (χ3n) is 7.91. The van der Waals surface area contributed by atoms with E-state index in [9.17, 15) is 9.90 Å². The van der Waals surface area contributed by atoms with Crippen LogP contribution in [0.5, 0.6) is 5.75 Å². The molecule has 0 aliphatic carbocycles. The Morgan fingerprint density at radius 1 is 0.895 bits per heavy atom. The largest absolute Gasteiger partial charge is 0.494 e. The summed E-state index contributed by atoms with van der Waals surface area (Å²) in [4.78, 5) is 14.4. The zero-order valence-electron chi connectivity index (χ0n) is 21.7. The molecule has 38 heavy (non-hydrogen) atoms. The van der Waals surface area contributed by atoms with Crippen molar-refractivity contribution in [3.05, 3.63) is 88.5 Å². The van der Waals surface area contributed by atoms with E-state index >= 15 is 0 Å². The summed E-state index contributed by atoms with van der Waals surface area (Å²) < 4.78 is 7.95. The standard InChI is InChI=1S/C31H34N4O3/c36-31(37)19-28-24-8-7-23-13-15-34(21-26(23)17-24)20-22-5-10-27(11-6-22)38-16-4-2-1-3-14-35-30-12-9-25(28)18-29(30)32-33-35/h5-12,17-18,28H,1-4,13-16,19-21H2,(H,36,37)/t28-/m1/s1. The van der Waals surface area contributed by atoms with Crippen LogP contribution in [-0.2, 0) is 30.8 Å². The first-order valence-corrected chi connectivity index (χ1v) is 13.7. The summed E-state index contributed by atoms with van der Waals surface area (Å²) in [5, 5.41) is 18.6. The molecule has 5 aliphatic heterocycles. The lowest BCUT2D eigenvalue weighted by atomic mass is 9.85. The predicted octanol–water partition coefficient (Wildman–Crippen LogP) is 5.55. The molecule has 1 unspecified atom stereocenters. The van der Waals surface area contributed by atoms with Gasteiger partial charge in [0.2, 0.25) is 0 Å². The van der Waals surface area contributed by atoms with Gasteiger partial charge in [-0.3, -0.25) is 9.69 Å². The number of carbonyl (C=O) groups is 1. The fraction of sp³-hybridized carbons (Fsp3) is 0.387. The van der Waals surface area contributed by atoms with Crippen molar-refractivity contribution in [2.45, 2.75) is 64.1 Å². The molecule has 3 aromatic carbocycles. The summed E-state index contributed by atoms with van der Waals surface area (Å²) in [6.45, 7) is 4.30. The van der Waals surface area contributed by atoms with E-state index in [1.165, 1.54) is 16.7 Å². The lowest BCUT2D eigenvalue weighted by Crippen LogP contribution is -2.30. The maximum absolute atomic E-state index is 11.9. The van der Waals surface area contributed by atoms with E-state index in [1.807, 2.05) is 16.8 Å². The first kappa shape index (κ1) is 24.6. The molecule has 9 bridgehead atoms. The number of aliphatic carboxylic acids is 1. The highest BCUT2D eigenvalue weighted by Crippen LogP contribution is 2.33. The number of carboxylic acid groups (broad SMARTS) is 1. The van der Waals surface area contributed by atoms with Gasteiger partial charge < -0.3 is 9.84 Å². The maximum atomic E-state index is 11.9. The number of aromatic nitrogens is 3. The summed E-state index contributed by atoms with van der Waals surface area (Å²) in [6.07, 6.45) is 5.31. The summed E-state index contributed by atoms with van der Waals surface area (Å²) in [5.41, 5.74) is 7.74. The highest BCUT2D eigenvalue weighted by atomic mass is 16.5. The van der Waals surface area contributed by atoms with Gasteiger partial charge in [0.25, 0.3) is 0 Å². The normalized spacial score (nSPS) is 20.1. The van der Waals surface area contributed by atoms with Gasteiger partial charge >= 0.3 is 5.97 Å². The second-order valence-corrected chi connectivity index (χ2v) is 10.6. The van der Waals surface area contributed by atoms with Crippen molar-refractivity contribution in [2.75, 3.05) is 13.2 Å². The average molecular weight is 511 g/mol. The van der Waals surface area contributed by atoms with Crippen molar-refractivity contribution in [3.8, 4) is 5.75 Å². The molecule has 7 nitrogen and oxygen atoms in total. The van der Waals surface area contributed by atoms with Gasteiger partial charge in [-0.2, -0.15) is 0 Å². The summed E-state index contributed by atoms with van der Waals surface area (Å²) in [5.74, 6) is -0.113. The van der Waals surface area contributed by atoms with Crippen molar-refractivity contribution in [2.24, 2.45) is 0 Å². The van der Waals surface area contributed by atoms with Gasteiger partial charge in [-0.25, -0.2) is 4.68 Å². The third kappa shape index (κ3) is 5.43. The predicted molar refractivity (Wildman–Crippen MR) is 146 cm³/mol. The van der Waals surface area contributed by atoms with Crippen molar-refractivity contribution in [1.82, 2.24) is 19.9 Å². The Bertz CT molecular complexity index is 1430. The minimum atomic E-state index is -0.803. The molecule has 1 aromatic heterocycles. The van der Waals surface area contributed by atoms with Gasteiger partial charge in [0.15, 0.2) is 0 Å². The highest BCUT2D eigenvalue weighted by molar-refractivity contribution is 5.76. The zero-order valence-corrected chi connectivity index (χ0v) is 21.7. The molecule has 0 amide bonds. The number of aryl methyl sites for hydroxylation is 1. The Balaban J connectivity index is 1.34. The van der Waals surface area contributed by atoms with E-state index in [4.69, 9.17) is 4.74 Å². The van der Waals surface area contributed by atoms with Gasteiger partial charge in [-0.05, 0) is 77.8 Å². The van der Waals surface area contributed by atoms with Gasteiger partial charge in [-0.15, -0.1) is 5.10 Å². The molecule has 9 rings (SSSR count). The van der Waals surface area contributed by atoms with Gasteiger partial charge in [0, 0.05) is 32.1 Å². The Hall–Kier alpha value is -3.71. The van der Waals surface area contributed by atoms with Crippen LogP contribution in [-0.4, -0.2) is 44.1 Å². The van der Waals surface area contributed by atoms with E-state index in [1.54, 1.807) is 0 Å². The topological polar surface area (TPSA) is 80.5 Å². The highest BCUT2D eigenvalue weighted by Gasteiger charge is 2.23. The van der Waals surface area contributed by atoms with Crippen molar-refractivity contribution in [3.63, 3.8) is 0 Å². The number of carboxylic acids is 1. The summed E-state index contributed by atoms with van der Waals surface area (Å²) in [6, 6.07) is 21.2. The van der Waals surface area contributed by atoms with E-state index in [0.717, 1.165) is 92.8 Å². The molecular formula is C31H34N4O3. The number of rotatable bonds is 2. The van der Waals surface area contributed by atoms with Crippen LogP contribution < -0.4 is 4.74 Å². The molecule has 0 saturated heterocycles. The number of nitrogens with zero attached hydrogens (tertiary/aromatic N) is 4. The van der Waals surface area contributed by atoms with E-state index in [-0.39, 0.29) is 12.3 Å². The number of hydrogen-bond acceptors (Lipinski definition) is 5. The molecule has 2 atom stereocenters. The van der Waals surface area contributed by atoms with Crippen molar-refractivity contribution < 1.29 is 14.6 Å². The fourth-order valence-electron chi connectivity index (χ4n) is 5.82. The van der Waals surface area contributed by atoms with Crippen molar-refractivity contribution >= 4 is 17.0 Å². The maximum Gasteiger partial charge on any atom is 0.304 e. The molecule has 0 saturated carbocycles. The summed E-state index contributed by atoms with van der Waals surface area (Å²) >= 11 is 0. The Labute approximate surface area is 223 Å². The Morgan fingerprint density at radius 3 is 2.58 bits per heavy atom. The first-order valence-electron chi connectivity index (χ1n) is 13.7. The van der Waals surface area contributed by atoms with Gasteiger partial charge in [-0.1, -0.05) is 48.0 Å². The monoisotopic (exact) mass is 510 g/mol. The zero-order chi connectivity index (χ0) is 25.9. The molecule has 5 aliphatic rings. The van der Waals surface area contributed by atoms with Gasteiger partial charge in [0.1, 0.15) is 11.3 Å². The molecule has 0 spiro atoms. The van der Waals surface area contributed by atoms with Crippen molar-refractivity contribution in [1.29, 1.82) is 0 Å². The van der Waals surface area contributed by atoms with Crippen LogP contribution in [0.1, 0.15) is 65.8 Å². The van der Waals surface area contributed by atoms with E-state index < -0.39 is 5.97 Å². The molecule has 0 fully saturated rings. The molecular weight excluding hydrogens is 476 g/mol. The fourth-order valence-corrected chi connectivity index (χ4v) is 5.82. The second kappa shape index (κ2) is 11.0. The molecule has 6 heterocycles. The minimum absolute atomic E-state index is 0.0383. The van der Waals surface area contributed by atoms with Crippen LogP contribution in [0, 0.1) is 0 Å². The quantitative estimate of drug-likeness (QED) is 0.381. The van der Waals surface area contributed by atoms with Crippen LogP contribution in [0.25, 0.3) is 11.0 Å². The minimum Gasteiger partial charge on any atom is -0.494 e. The van der Waals surface area contributed by atoms with E-state index in [0.29, 0.717) is 0 Å². The molecule has 7 heteroatoms. The third-order valence-corrected chi connectivity index (χ3v) is 7.91. The van der Waals surface area contributed by atoms with Gasteiger partial charge in [0.05, 0.1) is 18.5 Å². The second-order valence-electron chi connectivity index (χ2n) is 10.6. The van der Waals surface area contributed by atoms with Crippen LogP contribution in [0.4, 0.5) is 0 Å². The molecule has 0 radical (unpaired) electrons. The molecule has 1 N–H and O–H groups in total. The first-order chi connectivity index (χ1) is 18.6. The smallest absolute Gasteiger partial charge is 0.304 e. The number of hydrogen-bond donors (Lipinski definition) is 1. The molecule has 196 valence electrons. The Morgan fingerprint density at radius 2 is 1.71 bits per heavy atom. The SMILES string of the molecule is O=C(O)C[C@@H]1c2ccc3c(c2)CN(CC3)Cc2ccc(cc2)OCCCCCCn2nnc3cc1ccc32. The summed E-state index contributed by atoms with van der Waals surface area (Å²) in [7, 11) is 0. The number of ether oxygens (including phenoxy) is 1. The van der Waals surface area contributed by atoms with E-state index in [2.05, 4.69) is 63.7 Å². The lowest BCUT2D eigenvalue weighted by molar-refractivity contribution is -0.137. The van der Waals surface area contributed by atoms with Crippen LogP contribution in [0.15, 0.2) is 60.7 Å². The van der Waals surface area contributed by atoms with Crippen LogP contribution in [0.2, 0.25) is 0 Å². The Kier molecular flexibility index (Phi) is 7.10. The average Bonchev–Trinajstić information content (AvgIpc) is 3.33. The van der Waals surface area contributed by atoms with Crippen LogP contribution >= 0.6 is 0 Å².